The number of phenols is 1. The summed E-state index contributed by atoms with van der Waals surface area (Å²) in [5, 5.41) is 39.0. The van der Waals surface area contributed by atoms with Crippen LogP contribution in [0.25, 0.3) is 0 Å². The number of benzene rings is 1. The van der Waals surface area contributed by atoms with E-state index in [4.69, 9.17) is 19.3 Å². The van der Waals surface area contributed by atoms with Gasteiger partial charge in [-0.2, -0.15) is 0 Å². The molecule has 0 saturated carbocycles. The van der Waals surface area contributed by atoms with Crippen LogP contribution in [0.15, 0.2) is 6.07 Å². The molecule has 0 bridgehead atoms. The summed E-state index contributed by atoms with van der Waals surface area (Å²) in [6.45, 7) is 1.05. The molecule has 24 heavy (non-hydrogen) atoms. The third-order valence-electron chi connectivity index (χ3n) is 3.75. The lowest BCUT2D eigenvalue weighted by molar-refractivity contribution is -0.117. The largest absolute Gasteiger partial charge is 0.504 e. The second kappa shape index (κ2) is 7.22. The van der Waals surface area contributed by atoms with Crippen molar-refractivity contribution in [2.45, 2.75) is 31.5 Å². The molecule has 4 atom stereocenters. The number of carbonyl (C=O) groups excluding carboxylic acids is 1. The zero-order valence-electron chi connectivity index (χ0n) is 13.4. The van der Waals surface area contributed by atoms with Gasteiger partial charge in [0.25, 0.3) is 0 Å². The van der Waals surface area contributed by atoms with Crippen molar-refractivity contribution in [3.8, 4) is 17.2 Å². The van der Waals surface area contributed by atoms with E-state index in [0.717, 1.165) is 0 Å². The van der Waals surface area contributed by atoms with Crippen molar-refractivity contribution in [3.63, 3.8) is 0 Å². The summed E-state index contributed by atoms with van der Waals surface area (Å²) < 4.78 is 20.3. The maximum atomic E-state index is 11.8. The van der Waals surface area contributed by atoms with Gasteiger partial charge in [-0.1, -0.05) is 0 Å². The standard InChI is InChI=1S/C15H20O9/c1-6-4-7(13(21-2)11(18)9(6)14(20)22-3)23-15-12(19)10(17)8(5-16)24-15/h4,8,10,12,15-19H,5H2,1-3H3/t8-,10-,12-,15-/m1/s1. The Hall–Kier alpha value is -2.07. The molecule has 4 N–H and O–H groups in total. The molecule has 0 aliphatic carbocycles. The number of carbonyl (C=O) groups is 1. The second-order valence-corrected chi connectivity index (χ2v) is 5.26. The molecule has 1 aliphatic rings. The number of hydrogen-bond donors (Lipinski definition) is 4. The fourth-order valence-corrected chi connectivity index (χ4v) is 2.48. The van der Waals surface area contributed by atoms with Crippen LogP contribution in [0.5, 0.6) is 17.2 Å². The van der Waals surface area contributed by atoms with Crippen molar-refractivity contribution < 1.29 is 44.2 Å². The average molecular weight is 344 g/mol. The minimum atomic E-state index is -1.41. The van der Waals surface area contributed by atoms with Gasteiger partial charge in [-0.05, 0) is 18.6 Å². The highest BCUT2D eigenvalue weighted by Gasteiger charge is 2.44. The lowest BCUT2D eigenvalue weighted by Gasteiger charge is -2.20. The quantitative estimate of drug-likeness (QED) is 0.512. The van der Waals surface area contributed by atoms with Crippen LogP contribution in [0.1, 0.15) is 15.9 Å². The van der Waals surface area contributed by atoms with Gasteiger partial charge >= 0.3 is 5.97 Å². The first kappa shape index (κ1) is 18.3. The first-order valence-electron chi connectivity index (χ1n) is 7.13. The van der Waals surface area contributed by atoms with Crippen LogP contribution in [0.4, 0.5) is 0 Å². The van der Waals surface area contributed by atoms with Crippen molar-refractivity contribution in [3.05, 3.63) is 17.2 Å². The van der Waals surface area contributed by atoms with Crippen molar-refractivity contribution in [1.29, 1.82) is 0 Å². The number of aromatic hydroxyl groups is 1. The summed E-state index contributed by atoms with van der Waals surface area (Å²) in [7, 11) is 2.44. The molecule has 0 unspecified atom stereocenters. The maximum Gasteiger partial charge on any atom is 0.342 e. The van der Waals surface area contributed by atoms with Crippen LogP contribution < -0.4 is 9.47 Å². The summed E-state index contributed by atoms with van der Waals surface area (Å²) in [5.41, 5.74) is 0.268. The maximum absolute atomic E-state index is 11.8. The first-order chi connectivity index (χ1) is 11.3. The first-order valence-corrected chi connectivity index (χ1v) is 7.13. The molecular formula is C15H20O9. The number of aliphatic hydroxyl groups excluding tert-OH is 3. The van der Waals surface area contributed by atoms with E-state index in [2.05, 4.69) is 4.74 Å². The Balaban J connectivity index is 2.36. The molecule has 0 spiro atoms. The monoisotopic (exact) mass is 344 g/mol. The van der Waals surface area contributed by atoms with Crippen LogP contribution in [0, 0.1) is 6.92 Å². The number of esters is 1. The van der Waals surface area contributed by atoms with E-state index in [1.54, 1.807) is 6.92 Å². The summed E-state index contributed by atoms with van der Waals surface area (Å²) in [6.07, 6.45) is -5.02. The molecule has 1 aromatic rings. The minimum absolute atomic E-state index is 0.00464. The van der Waals surface area contributed by atoms with Crippen LogP contribution in [0.3, 0.4) is 0 Å². The molecule has 1 aliphatic heterocycles. The lowest BCUT2D eigenvalue weighted by atomic mass is 10.1. The second-order valence-electron chi connectivity index (χ2n) is 5.26. The number of aryl methyl sites for hydroxylation is 1. The zero-order chi connectivity index (χ0) is 18.0. The number of hydrogen-bond acceptors (Lipinski definition) is 9. The molecule has 1 heterocycles. The van der Waals surface area contributed by atoms with E-state index < -0.39 is 42.9 Å². The normalized spacial score (nSPS) is 26.2. The number of ether oxygens (including phenoxy) is 4. The highest BCUT2D eigenvalue weighted by atomic mass is 16.7. The highest BCUT2D eigenvalue weighted by Crippen LogP contribution is 2.42. The van der Waals surface area contributed by atoms with Gasteiger partial charge in [-0.3, -0.25) is 0 Å². The molecule has 0 aromatic heterocycles. The van der Waals surface area contributed by atoms with Crippen LogP contribution in [-0.4, -0.2) is 71.8 Å². The fraction of sp³-hybridized carbons (Fsp3) is 0.533. The number of methoxy groups -OCH3 is 2. The zero-order valence-corrected chi connectivity index (χ0v) is 13.4. The van der Waals surface area contributed by atoms with E-state index >= 15 is 0 Å². The Labute approximate surface area is 138 Å². The molecule has 1 saturated heterocycles. The minimum Gasteiger partial charge on any atom is -0.504 e. The Morgan fingerprint density at radius 3 is 2.46 bits per heavy atom. The summed E-state index contributed by atoms with van der Waals surface area (Å²) in [6, 6.07) is 1.40. The van der Waals surface area contributed by atoms with Crippen molar-refractivity contribution >= 4 is 5.97 Å². The van der Waals surface area contributed by atoms with E-state index in [9.17, 15) is 20.1 Å². The number of phenolic OH excluding ortho intramolecular Hbond substituents is 1. The molecule has 0 radical (unpaired) electrons. The predicted octanol–water partition coefficient (Wildman–Crippen LogP) is -0.686. The predicted molar refractivity (Wildman–Crippen MR) is 79.1 cm³/mol. The SMILES string of the molecule is COC(=O)c1c(C)cc(O[C@@H]2O[C@H](CO)[C@@H](O)[C@H]2O)c(OC)c1O. The molecule has 9 heteroatoms. The average Bonchev–Trinajstić information content (AvgIpc) is 2.82. The van der Waals surface area contributed by atoms with Gasteiger partial charge in [0.05, 0.1) is 20.8 Å². The number of rotatable bonds is 5. The molecule has 9 nitrogen and oxygen atoms in total. The third-order valence-corrected chi connectivity index (χ3v) is 3.75. The summed E-state index contributed by atoms with van der Waals surface area (Å²) >= 11 is 0. The van der Waals surface area contributed by atoms with Crippen molar-refractivity contribution in [1.82, 2.24) is 0 Å². The van der Waals surface area contributed by atoms with Gasteiger partial charge in [0.1, 0.15) is 23.9 Å². The Morgan fingerprint density at radius 1 is 1.29 bits per heavy atom. The van der Waals surface area contributed by atoms with Gasteiger partial charge in [0.15, 0.2) is 11.5 Å². The fourth-order valence-electron chi connectivity index (χ4n) is 2.48. The molecule has 1 fully saturated rings. The smallest absolute Gasteiger partial charge is 0.342 e. The Bertz CT molecular complexity index is 615. The highest BCUT2D eigenvalue weighted by molar-refractivity contribution is 5.95. The van der Waals surface area contributed by atoms with Gasteiger partial charge in [0.2, 0.25) is 12.0 Å². The van der Waals surface area contributed by atoms with E-state index in [1.807, 2.05) is 0 Å². The summed E-state index contributed by atoms with van der Waals surface area (Å²) in [5.74, 6) is -1.39. The number of aliphatic hydroxyl groups is 3. The molecule has 0 amide bonds. The van der Waals surface area contributed by atoms with Crippen molar-refractivity contribution in [2.75, 3.05) is 20.8 Å². The Kier molecular flexibility index (Phi) is 5.50. The molecule has 134 valence electrons. The van der Waals surface area contributed by atoms with E-state index in [-0.39, 0.29) is 17.1 Å². The van der Waals surface area contributed by atoms with E-state index in [1.165, 1.54) is 20.3 Å². The van der Waals surface area contributed by atoms with Crippen LogP contribution >= 0.6 is 0 Å². The Morgan fingerprint density at radius 2 is 1.96 bits per heavy atom. The lowest BCUT2D eigenvalue weighted by Crippen LogP contribution is -2.35. The topological polar surface area (TPSA) is 135 Å². The van der Waals surface area contributed by atoms with Crippen molar-refractivity contribution in [2.24, 2.45) is 0 Å². The molecule has 1 aromatic carbocycles. The van der Waals surface area contributed by atoms with Gasteiger partial charge < -0.3 is 39.4 Å². The third kappa shape index (κ3) is 3.11. The van der Waals surface area contributed by atoms with E-state index in [0.29, 0.717) is 5.56 Å². The molecule has 2 rings (SSSR count). The van der Waals surface area contributed by atoms with Crippen LogP contribution in [0.2, 0.25) is 0 Å². The van der Waals surface area contributed by atoms with Gasteiger partial charge in [0, 0.05) is 0 Å². The molecular weight excluding hydrogens is 324 g/mol. The summed E-state index contributed by atoms with van der Waals surface area (Å²) in [4.78, 5) is 11.8. The van der Waals surface area contributed by atoms with Crippen LogP contribution in [-0.2, 0) is 9.47 Å². The van der Waals surface area contributed by atoms with Gasteiger partial charge in [-0.15, -0.1) is 0 Å². The van der Waals surface area contributed by atoms with Gasteiger partial charge in [-0.25, -0.2) is 4.79 Å².